The Morgan fingerprint density at radius 3 is 1.90 bits per heavy atom. The molecule has 20 heavy (non-hydrogen) atoms. The molecule has 0 saturated heterocycles. The molecule has 2 aromatic carbocycles. The third kappa shape index (κ3) is 3.03. The average molecular weight is 343 g/mol. The van der Waals surface area contributed by atoms with Crippen molar-refractivity contribution in [3.63, 3.8) is 0 Å². The molecule has 1 aromatic heterocycles. The summed E-state index contributed by atoms with van der Waals surface area (Å²) in [5.74, 6) is 0. The van der Waals surface area contributed by atoms with Gasteiger partial charge in [0.05, 0.1) is 5.71 Å². The van der Waals surface area contributed by atoms with Crippen LogP contribution < -0.4 is 0 Å². The molecule has 0 amide bonds. The van der Waals surface area contributed by atoms with Gasteiger partial charge in [-0.1, -0.05) is 60.7 Å². The Labute approximate surface area is 130 Å². The van der Waals surface area contributed by atoms with Crippen molar-refractivity contribution in [2.24, 2.45) is 4.99 Å². The molecular weight excluding hydrogens is 332 g/mol. The summed E-state index contributed by atoms with van der Waals surface area (Å²) in [7, 11) is 0. The minimum atomic E-state index is 0.750. The predicted octanol–water partition coefficient (Wildman–Crippen LogP) is 5.07. The summed E-state index contributed by atoms with van der Waals surface area (Å²) in [5.41, 5.74) is 3.11. The fourth-order valence-electron chi connectivity index (χ4n) is 1.88. The van der Waals surface area contributed by atoms with Crippen molar-refractivity contribution < 1.29 is 0 Å². The van der Waals surface area contributed by atoms with Crippen molar-refractivity contribution in [2.45, 2.75) is 0 Å². The summed E-state index contributed by atoms with van der Waals surface area (Å²) in [4.78, 5) is 9.06. The van der Waals surface area contributed by atoms with Crippen LogP contribution >= 0.6 is 27.3 Å². The Bertz CT molecular complexity index is 679. The largest absolute Gasteiger partial charge is 0.218 e. The minimum absolute atomic E-state index is 0.750. The maximum absolute atomic E-state index is 4.71. The lowest BCUT2D eigenvalue weighted by Gasteiger charge is -2.06. The Kier molecular flexibility index (Phi) is 4.04. The second-order valence-electron chi connectivity index (χ2n) is 4.15. The van der Waals surface area contributed by atoms with E-state index in [1.807, 2.05) is 41.8 Å². The van der Waals surface area contributed by atoms with Gasteiger partial charge in [0.25, 0.3) is 0 Å². The van der Waals surface area contributed by atoms with Crippen LogP contribution in [0.3, 0.4) is 0 Å². The second-order valence-corrected chi connectivity index (χ2v) is 5.79. The van der Waals surface area contributed by atoms with Crippen LogP contribution in [0.25, 0.3) is 0 Å². The van der Waals surface area contributed by atoms with Crippen molar-refractivity contribution >= 4 is 38.1 Å². The van der Waals surface area contributed by atoms with Crippen LogP contribution in [0.4, 0.5) is 5.13 Å². The number of hydrogen-bond acceptors (Lipinski definition) is 3. The first-order chi connectivity index (χ1) is 9.83. The molecule has 0 aliphatic carbocycles. The average Bonchev–Trinajstić information content (AvgIpc) is 2.92. The van der Waals surface area contributed by atoms with E-state index in [9.17, 15) is 0 Å². The molecule has 1 heterocycles. The number of hydrogen-bond donors (Lipinski definition) is 0. The number of nitrogens with zero attached hydrogens (tertiary/aromatic N) is 2. The standard InChI is InChI=1S/C16H11BrN2S/c17-14-11-20-16(18-14)19-15(12-7-3-1-4-8-12)13-9-5-2-6-10-13/h1-11H. The Morgan fingerprint density at radius 1 is 0.900 bits per heavy atom. The van der Waals surface area contributed by atoms with Gasteiger partial charge in [-0.3, -0.25) is 0 Å². The first-order valence-corrected chi connectivity index (χ1v) is 7.81. The van der Waals surface area contributed by atoms with E-state index >= 15 is 0 Å². The van der Waals surface area contributed by atoms with E-state index in [0.29, 0.717) is 0 Å². The molecule has 98 valence electrons. The highest BCUT2D eigenvalue weighted by atomic mass is 79.9. The highest BCUT2D eigenvalue weighted by molar-refractivity contribution is 9.10. The van der Waals surface area contributed by atoms with Crippen LogP contribution in [-0.4, -0.2) is 10.7 Å². The van der Waals surface area contributed by atoms with Crippen molar-refractivity contribution in [3.8, 4) is 0 Å². The van der Waals surface area contributed by atoms with Crippen LogP contribution in [0.15, 0.2) is 75.6 Å². The molecular formula is C16H11BrN2S. The van der Waals surface area contributed by atoms with E-state index < -0.39 is 0 Å². The minimum Gasteiger partial charge on any atom is -0.218 e. The SMILES string of the molecule is Brc1csc(N=C(c2ccccc2)c2ccccc2)n1. The zero-order valence-corrected chi connectivity index (χ0v) is 12.9. The summed E-state index contributed by atoms with van der Waals surface area (Å²) in [6.07, 6.45) is 0. The van der Waals surface area contributed by atoms with Crippen molar-refractivity contribution in [1.82, 2.24) is 4.98 Å². The van der Waals surface area contributed by atoms with Gasteiger partial charge in [0.15, 0.2) is 0 Å². The molecule has 0 aliphatic rings. The summed E-state index contributed by atoms with van der Waals surface area (Å²) < 4.78 is 0.821. The number of benzene rings is 2. The number of aliphatic imine (C=N–C) groups is 1. The zero-order chi connectivity index (χ0) is 13.8. The van der Waals surface area contributed by atoms with Crippen molar-refractivity contribution in [3.05, 3.63) is 81.8 Å². The van der Waals surface area contributed by atoms with Crippen LogP contribution in [0.2, 0.25) is 0 Å². The third-order valence-corrected chi connectivity index (χ3v) is 4.21. The number of aromatic nitrogens is 1. The molecule has 0 saturated carbocycles. The first kappa shape index (κ1) is 13.2. The normalized spacial score (nSPS) is 10.2. The van der Waals surface area contributed by atoms with Gasteiger partial charge in [-0.05, 0) is 15.9 Å². The smallest absolute Gasteiger partial charge is 0.210 e. The van der Waals surface area contributed by atoms with E-state index in [-0.39, 0.29) is 0 Å². The number of thiazole rings is 1. The fraction of sp³-hybridized carbons (Fsp3) is 0. The Balaban J connectivity index is 2.11. The number of halogens is 1. The van der Waals surface area contributed by atoms with Gasteiger partial charge in [-0.15, -0.1) is 11.3 Å². The van der Waals surface area contributed by atoms with Crippen molar-refractivity contribution in [2.75, 3.05) is 0 Å². The molecule has 3 aromatic rings. The van der Waals surface area contributed by atoms with E-state index in [1.54, 1.807) is 0 Å². The van der Waals surface area contributed by atoms with E-state index in [0.717, 1.165) is 26.6 Å². The van der Waals surface area contributed by atoms with E-state index in [1.165, 1.54) is 11.3 Å². The molecule has 0 spiro atoms. The monoisotopic (exact) mass is 342 g/mol. The zero-order valence-electron chi connectivity index (χ0n) is 10.5. The lowest BCUT2D eigenvalue weighted by molar-refractivity contribution is 1.31. The number of rotatable bonds is 3. The molecule has 0 unspecified atom stereocenters. The molecule has 0 atom stereocenters. The summed E-state index contributed by atoms with van der Waals surface area (Å²) >= 11 is 4.89. The maximum atomic E-state index is 4.71. The first-order valence-electron chi connectivity index (χ1n) is 6.13. The highest BCUT2D eigenvalue weighted by Crippen LogP contribution is 2.24. The summed E-state index contributed by atoms with van der Waals surface area (Å²) in [6.45, 7) is 0. The molecule has 2 nitrogen and oxygen atoms in total. The molecule has 0 aliphatic heterocycles. The molecule has 0 bridgehead atoms. The van der Waals surface area contributed by atoms with E-state index in [2.05, 4.69) is 45.2 Å². The van der Waals surface area contributed by atoms with Gasteiger partial charge in [-0.2, -0.15) is 0 Å². The second kappa shape index (κ2) is 6.11. The lowest BCUT2D eigenvalue weighted by atomic mass is 10.0. The van der Waals surface area contributed by atoms with Crippen molar-refractivity contribution in [1.29, 1.82) is 0 Å². The van der Waals surface area contributed by atoms with Crippen LogP contribution in [0, 0.1) is 0 Å². The van der Waals surface area contributed by atoms with Crippen LogP contribution in [-0.2, 0) is 0 Å². The van der Waals surface area contributed by atoms with Gasteiger partial charge >= 0.3 is 0 Å². The topological polar surface area (TPSA) is 25.2 Å². The van der Waals surface area contributed by atoms with E-state index in [4.69, 9.17) is 4.99 Å². The van der Waals surface area contributed by atoms with Crippen LogP contribution in [0.5, 0.6) is 0 Å². The highest BCUT2D eigenvalue weighted by Gasteiger charge is 2.08. The van der Waals surface area contributed by atoms with Gasteiger partial charge in [0.2, 0.25) is 5.13 Å². The summed E-state index contributed by atoms with van der Waals surface area (Å²) in [5, 5.41) is 2.69. The fourth-order valence-corrected chi connectivity index (χ4v) is 3.00. The van der Waals surface area contributed by atoms with Crippen LogP contribution in [0.1, 0.15) is 11.1 Å². The third-order valence-electron chi connectivity index (χ3n) is 2.77. The summed E-state index contributed by atoms with van der Waals surface area (Å²) in [6, 6.07) is 20.3. The van der Waals surface area contributed by atoms with Gasteiger partial charge in [-0.25, -0.2) is 9.98 Å². The predicted molar refractivity (Wildman–Crippen MR) is 88.0 cm³/mol. The molecule has 0 N–H and O–H groups in total. The molecule has 0 radical (unpaired) electrons. The molecule has 0 fully saturated rings. The Hall–Kier alpha value is -1.78. The Morgan fingerprint density at radius 2 is 1.45 bits per heavy atom. The maximum Gasteiger partial charge on any atom is 0.210 e. The van der Waals surface area contributed by atoms with Gasteiger partial charge in [0, 0.05) is 16.5 Å². The quantitative estimate of drug-likeness (QED) is 0.609. The lowest BCUT2D eigenvalue weighted by Crippen LogP contribution is -2.02. The van der Waals surface area contributed by atoms with Gasteiger partial charge in [0.1, 0.15) is 4.60 Å². The molecule has 3 rings (SSSR count). The molecule has 4 heteroatoms. The van der Waals surface area contributed by atoms with Gasteiger partial charge < -0.3 is 0 Å².